The molecule has 0 spiro atoms. The first-order valence-corrected chi connectivity index (χ1v) is 5.02. The summed E-state index contributed by atoms with van der Waals surface area (Å²) in [6, 6.07) is 6.43. The molecule has 1 amide bonds. The molecule has 1 N–H and O–H groups in total. The molecule has 3 nitrogen and oxygen atoms in total. The van der Waals surface area contributed by atoms with E-state index in [2.05, 4.69) is 17.2 Å². The van der Waals surface area contributed by atoms with Crippen LogP contribution >= 0.6 is 0 Å². The van der Waals surface area contributed by atoms with Crippen LogP contribution in [0, 0.1) is 29.0 Å². The second-order valence-corrected chi connectivity index (χ2v) is 3.36. The van der Waals surface area contributed by atoms with Crippen molar-refractivity contribution in [2.24, 2.45) is 0 Å². The number of carbonyl (C=O) groups is 1. The molecule has 0 saturated heterocycles. The second kappa shape index (κ2) is 6.30. The van der Waals surface area contributed by atoms with Crippen molar-refractivity contribution in [3.05, 3.63) is 35.1 Å². The van der Waals surface area contributed by atoms with Crippen molar-refractivity contribution in [2.75, 3.05) is 6.54 Å². The summed E-state index contributed by atoms with van der Waals surface area (Å²) in [4.78, 5) is 10.6. The molecule has 0 heterocycles. The summed E-state index contributed by atoms with van der Waals surface area (Å²) < 4.78 is 13.5. The molecule has 0 bridgehead atoms. The SMILES string of the molecule is CC(=O)NCC#Cc1ccc(CC#N)cc1F. The molecule has 0 fully saturated rings. The van der Waals surface area contributed by atoms with Gasteiger partial charge in [0.05, 0.1) is 24.6 Å². The number of carbonyl (C=O) groups excluding carboxylic acids is 1. The van der Waals surface area contributed by atoms with E-state index in [0.29, 0.717) is 5.56 Å². The van der Waals surface area contributed by atoms with Crippen molar-refractivity contribution < 1.29 is 9.18 Å². The lowest BCUT2D eigenvalue weighted by Crippen LogP contribution is -2.19. The van der Waals surface area contributed by atoms with Crippen LogP contribution in [0.15, 0.2) is 18.2 Å². The van der Waals surface area contributed by atoms with Crippen molar-refractivity contribution in [3.8, 4) is 17.9 Å². The molecule has 17 heavy (non-hydrogen) atoms. The lowest BCUT2D eigenvalue weighted by Gasteiger charge is -1.97. The fourth-order valence-corrected chi connectivity index (χ4v) is 1.17. The first kappa shape index (κ1) is 12.7. The van der Waals surface area contributed by atoms with E-state index in [0.717, 1.165) is 0 Å². The molecule has 4 heteroatoms. The molecular formula is C13H11FN2O. The maximum absolute atomic E-state index is 13.5. The van der Waals surface area contributed by atoms with Crippen LogP contribution in [0.1, 0.15) is 18.1 Å². The third-order valence-electron chi connectivity index (χ3n) is 1.97. The normalized spacial score (nSPS) is 8.76. The number of hydrogen-bond acceptors (Lipinski definition) is 2. The second-order valence-electron chi connectivity index (χ2n) is 3.36. The predicted octanol–water partition coefficient (Wildman–Crippen LogP) is 1.38. The number of benzene rings is 1. The lowest BCUT2D eigenvalue weighted by atomic mass is 10.1. The van der Waals surface area contributed by atoms with Crippen LogP contribution in [-0.2, 0) is 11.2 Å². The van der Waals surface area contributed by atoms with Crippen LogP contribution in [0.4, 0.5) is 4.39 Å². The van der Waals surface area contributed by atoms with Gasteiger partial charge in [-0.2, -0.15) is 5.26 Å². The van der Waals surface area contributed by atoms with Gasteiger partial charge < -0.3 is 5.32 Å². The highest BCUT2D eigenvalue weighted by Gasteiger charge is 2.00. The number of rotatable bonds is 2. The monoisotopic (exact) mass is 230 g/mol. The van der Waals surface area contributed by atoms with Gasteiger partial charge in [0, 0.05) is 6.92 Å². The van der Waals surface area contributed by atoms with Gasteiger partial charge in [0.2, 0.25) is 5.91 Å². The Morgan fingerprint density at radius 2 is 2.29 bits per heavy atom. The first-order chi connectivity index (χ1) is 8.13. The van der Waals surface area contributed by atoms with Gasteiger partial charge in [0.15, 0.2) is 0 Å². The third-order valence-corrected chi connectivity index (χ3v) is 1.97. The van der Waals surface area contributed by atoms with Crippen LogP contribution in [0.5, 0.6) is 0 Å². The van der Waals surface area contributed by atoms with E-state index in [4.69, 9.17) is 5.26 Å². The molecule has 0 aliphatic rings. The fourth-order valence-electron chi connectivity index (χ4n) is 1.17. The standard InChI is InChI=1S/C13H11FN2O/c1-10(17)16-8-2-3-12-5-4-11(6-7-15)9-13(12)14/h4-5,9H,6,8H2,1H3,(H,16,17). The molecule has 0 aromatic heterocycles. The van der Waals surface area contributed by atoms with E-state index >= 15 is 0 Å². The van der Waals surface area contributed by atoms with Gasteiger partial charge >= 0.3 is 0 Å². The van der Waals surface area contributed by atoms with E-state index in [1.807, 2.05) is 6.07 Å². The predicted molar refractivity (Wildman–Crippen MR) is 61.3 cm³/mol. The highest BCUT2D eigenvalue weighted by molar-refractivity contribution is 5.73. The maximum Gasteiger partial charge on any atom is 0.217 e. The average Bonchev–Trinajstić information content (AvgIpc) is 2.27. The Bertz CT molecular complexity index is 520. The average molecular weight is 230 g/mol. The molecule has 1 rings (SSSR count). The summed E-state index contributed by atoms with van der Waals surface area (Å²) in [7, 11) is 0. The fraction of sp³-hybridized carbons (Fsp3) is 0.231. The molecule has 0 saturated carbocycles. The lowest BCUT2D eigenvalue weighted by molar-refractivity contribution is -0.118. The van der Waals surface area contributed by atoms with Gasteiger partial charge in [-0.1, -0.05) is 17.9 Å². The van der Waals surface area contributed by atoms with E-state index in [-0.39, 0.29) is 24.4 Å². The Hall–Kier alpha value is -2.33. The van der Waals surface area contributed by atoms with Crippen LogP contribution in [0.2, 0.25) is 0 Å². The van der Waals surface area contributed by atoms with Crippen LogP contribution in [0.3, 0.4) is 0 Å². The van der Waals surface area contributed by atoms with Crippen LogP contribution < -0.4 is 5.32 Å². The third kappa shape index (κ3) is 4.36. The van der Waals surface area contributed by atoms with Gasteiger partial charge in [0.1, 0.15) is 5.82 Å². The minimum absolute atomic E-state index is 0.177. The van der Waals surface area contributed by atoms with E-state index in [1.54, 1.807) is 6.07 Å². The topological polar surface area (TPSA) is 52.9 Å². The Morgan fingerprint density at radius 3 is 2.88 bits per heavy atom. The van der Waals surface area contributed by atoms with Crippen molar-refractivity contribution in [1.29, 1.82) is 5.26 Å². The van der Waals surface area contributed by atoms with Crippen molar-refractivity contribution >= 4 is 5.91 Å². The molecule has 0 atom stereocenters. The van der Waals surface area contributed by atoms with E-state index < -0.39 is 5.82 Å². The number of amides is 1. The number of nitrogens with zero attached hydrogens (tertiary/aromatic N) is 1. The number of nitriles is 1. The first-order valence-electron chi connectivity index (χ1n) is 5.02. The molecule has 1 aromatic carbocycles. The Morgan fingerprint density at radius 1 is 1.53 bits per heavy atom. The number of nitrogens with one attached hydrogen (secondary N) is 1. The van der Waals surface area contributed by atoms with Gasteiger partial charge in [-0.15, -0.1) is 0 Å². The highest BCUT2D eigenvalue weighted by Crippen LogP contribution is 2.09. The number of hydrogen-bond donors (Lipinski definition) is 1. The molecule has 0 aliphatic carbocycles. The van der Waals surface area contributed by atoms with Crippen molar-refractivity contribution in [2.45, 2.75) is 13.3 Å². The van der Waals surface area contributed by atoms with E-state index in [1.165, 1.54) is 19.1 Å². The molecule has 1 aromatic rings. The Labute approximate surface area is 99.3 Å². The molecule has 86 valence electrons. The summed E-state index contributed by atoms with van der Waals surface area (Å²) >= 11 is 0. The summed E-state index contributed by atoms with van der Waals surface area (Å²) in [6.07, 6.45) is 0.177. The largest absolute Gasteiger partial charge is 0.345 e. The zero-order chi connectivity index (χ0) is 12.7. The van der Waals surface area contributed by atoms with Gasteiger partial charge in [0.25, 0.3) is 0 Å². The van der Waals surface area contributed by atoms with Crippen molar-refractivity contribution in [1.82, 2.24) is 5.32 Å². The molecule has 0 aliphatic heterocycles. The smallest absolute Gasteiger partial charge is 0.217 e. The zero-order valence-corrected chi connectivity index (χ0v) is 9.38. The summed E-state index contributed by atoms with van der Waals surface area (Å²) in [5, 5.41) is 11.0. The maximum atomic E-state index is 13.5. The number of halogens is 1. The Balaban J connectivity index is 2.72. The van der Waals surface area contributed by atoms with E-state index in [9.17, 15) is 9.18 Å². The minimum Gasteiger partial charge on any atom is -0.345 e. The van der Waals surface area contributed by atoms with Gasteiger partial charge in [-0.05, 0) is 17.7 Å². The zero-order valence-electron chi connectivity index (χ0n) is 9.38. The highest BCUT2D eigenvalue weighted by atomic mass is 19.1. The minimum atomic E-state index is -0.451. The van der Waals surface area contributed by atoms with Gasteiger partial charge in [-0.25, -0.2) is 4.39 Å². The Kier molecular flexibility index (Phi) is 4.72. The molecular weight excluding hydrogens is 219 g/mol. The summed E-state index contributed by atoms with van der Waals surface area (Å²) in [5.41, 5.74) is 0.884. The quantitative estimate of drug-likeness (QED) is 0.780. The van der Waals surface area contributed by atoms with Crippen LogP contribution in [-0.4, -0.2) is 12.5 Å². The van der Waals surface area contributed by atoms with Crippen LogP contribution in [0.25, 0.3) is 0 Å². The molecule has 0 unspecified atom stereocenters. The summed E-state index contributed by atoms with van der Waals surface area (Å²) in [5.74, 6) is 4.63. The summed E-state index contributed by atoms with van der Waals surface area (Å²) in [6.45, 7) is 1.58. The van der Waals surface area contributed by atoms with Gasteiger partial charge in [-0.3, -0.25) is 4.79 Å². The van der Waals surface area contributed by atoms with Crippen molar-refractivity contribution in [3.63, 3.8) is 0 Å². The molecule has 0 radical (unpaired) electrons.